The van der Waals surface area contributed by atoms with E-state index in [1.165, 1.54) is 6.07 Å². The van der Waals surface area contributed by atoms with E-state index in [1.54, 1.807) is 18.2 Å². The Labute approximate surface area is 173 Å². The van der Waals surface area contributed by atoms with Crippen LogP contribution in [0.15, 0.2) is 72.8 Å². The molecule has 144 valence electrons. The highest BCUT2D eigenvalue weighted by atomic mass is 79.9. The van der Waals surface area contributed by atoms with Gasteiger partial charge in [-0.05, 0) is 58.5 Å². The molecule has 28 heavy (non-hydrogen) atoms. The average molecular weight is 441 g/mol. The first-order valence-corrected chi connectivity index (χ1v) is 10.3. The predicted octanol–water partition coefficient (Wildman–Crippen LogP) is 6.67. The van der Waals surface area contributed by atoms with E-state index in [2.05, 4.69) is 35.0 Å². The van der Waals surface area contributed by atoms with E-state index in [9.17, 15) is 9.50 Å². The van der Waals surface area contributed by atoms with Crippen LogP contribution in [0.1, 0.15) is 30.0 Å². The van der Waals surface area contributed by atoms with Gasteiger partial charge in [-0.15, -0.1) is 0 Å². The van der Waals surface area contributed by atoms with Crippen LogP contribution in [-0.2, 0) is 0 Å². The minimum atomic E-state index is -0.391. The Balaban J connectivity index is 2.18. The Morgan fingerprint density at radius 3 is 2.21 bits per heavy atom. The number of phenolic OH excluding ortho intramolecular Hbond substituents is 1. The van der Waals surface area contributed by atoms with Crippen LogP contribution in [0, 0.1) is 5.82 Å². The van der Waals surface area contributed by atoms with Crippen molar-refractivity contribution in [2.45, 2.75) is 13.3 Å². The van der Waals surface area contributed by atoms with E-state index in [0.29, 0.717) is 11.9 Å². The average Bonchev–Trinajstić information content (AvgIpc) is 2.72. The fourth-order valence-corrected chi connectivity index (χ4v) is 3.39. The maximum Gasteiger partial charge on any atom is 0.165 e. The molecule has 0 aliphatic rings. The van der Waals surface area contributed by atoms with Gasteiger partial charge >= 0.3 is 0 Å². The highest BCUT2D eigenvalue weighted by molar-refractivity contribution is 9.09. The molecule has 0 aliphatic heterocycles. The van der Waals surface area contributed by atoms with Crippen LogP contribution in [-0.4, -0.2) is 17.0 Å². The van der Waals surface area contributed by atoms with Gasteiger partial charge in [0.15, 0.2) is 11.6 Å². The lowest BCUT2D eigenvalue weighted by atomic mass is 9.88. The summed E-state index contributed by atoms with van der Waals surface area (Å²) in [5, 5.41) is 10.3. The highest BCUT2D eigenvalue weighted by Crippen LogP contribution is 2.36. The summed E-state index contributed by atoms with van der Waals surface area (Å²) < 4.78 is 20.1. The monoisotopic (exact) mass is 440 g/mol. The third kappa shape index (κ3) is 4.63. The molecule has 0 amide bonds. The number of hydrogen-bond donors (Lipinski definition) is 1. The Kier molecular flexibility index (Phi) is 6.88. The lowest BCUT2D eigenvalue weighted by Gasteiger charge is -2.17. The van der Waals surface area contributed by atoms with Crippen molar-refractivity contribution in [2.24, 2.45) is 0 Å². The number of allylic oxidation sites excluding steroid dienone is 1. The van der Waals surface area contributed by atoms with Crippen LogP contribution >= 0.6 is 15.9 Å². The summed E-state index contributed by atoms with van der Waals surface area (Å²) in [5.74, 6) is 0.0508. The van der Waals surface area contributed by atoms with Crippen LogP contribution < -0.4 is 4.74 Å². The van der Waals surface area contributed by atoms with Crippen LogP contribution in [0.5, 0.6) is 11.5 Å². The molecule has 3 aromatic carbocycles. The topological polar surface area (TPSA) is 29.5 Å². The Morgan fingerprint density at radius 2 is 1.61 bits per heavy atom. The van der Waals surface area contributed by atoms with Crippen molar-refractivity contribution in [3.8, 4) is 11.5 Å². The van der Waals surface area contributed by atoms with Crippen molar-refractivity contribution < 1.29 is 14.2 Å². The number of aromatic hydroxyl groups is 1. The van der Waals surface area contributed by atoms with Gasteiger partial charge in [-0.3, -0.25) is 0 Å². The Hall–Kier alpha value is -2.59. The second-order valence-corrected chi connectivity index (χ2v) is 7.10. The van der Waals surface area contributed by atoms with Gasteiger partial charge in [0.2, 0.25) is 0 Å². The summed E-state index contributed by atoms with van der Waals surface area (Å²) in [7, 11) is 0. The Bertz CT molecular complexity index is 950. The minimum absolute atomic E-state index is 0.200. The summed E-state index contributed by atoms with van der Waals surface area (Å²) in [6.45, 7) is 2.49. The largest absolute Gasteiger partial charge is 0.508 e. The van der Waals surface area contributed by atoms with E-state index in [0.717, 1.165) is 34.3 Å². The summed E-state index contributed by atoms with van der Waals surface area (Å²) in [4.78, 5) is 0. The molecule has 0 radical (unpaired) electrons. The molecule has 0 unspecified atom stereocenters. The van der Waals surface area contributed by atoms with Gasteiger partial charge in [0.25, 0.3) is 0 Å². The molecule has 4 heteroatoms. The maximum atomic E-state index is 14.7. The van der Waals surface area contributed by atoms with E-state index < -0.39 is 5.82 Å². The molecular weight excluding hydrogens is 419 g/mol. The summed E-state index contributed by atoms with van der Waals surface area (Å²) in [6.07, 6.45) is 0.781. The van der Waals surface area contributed by atoms with Gasteiger partial charge in [-0.1, -0.05) is 71.4 Å². The first-order valence-electron chi connectivity index (χ1n) is 9.20. The molecule has 0 bridgehead atoms. The van der Waals surface area contributed by atoms with Crippen LogP contribution in [0.3, 0.4) is 0 Å². The molecule has 0 fully saturated rings. The standard InChI is InChI=1S/C24H22BrFO2/c1-2-21(17-6-4-3-5-7-17)24(18-8-11-20(27)12-9-18)19-10-13-23(22(26)16-19)28-15-14-25/h3-13,16,27H,2,14-15H2,1H3/b24-21-. The number of alkyl halides is 1. The zero-order chi connectivity index (χ0) is 19.9. The second kappa shape index (κ2) is 9.56. The fraction of sp³-hybridized carbons (Fsp3) is 0.167. The van der Waals surface area contributed by atoms with E-state index in [1.807, 2.05) is 36.4 Å². The van der Waals surface area contributed by atoms with Crippen molar-refractivity contribution in [1.82, 2.24) is 0 Å². The number of halogens is 2. The Morgan fingerprint density at radius 1 is 0.929 bits per heavy atom. The highest BCUT2D eigenvalue weighted by Gasteiger charge is 2.15. The summed E-state index contributed by atoms with van der Waals surface area (Å²) in [5.41, 5.74) is 4.84. The van der Waals surface area contributed by atoms with E-state index >= 15 is 0 Å². The van der Waals surface area contributed by atoms with Crippen LogP contribution in [0.2, 0.25) is 0 Å². The smallest absolute Gasteiger partial charge is 0.165 e. The number of rotatable bonds is 7. The summed E-state index contributed by atoms with van der Waals surface area (Å²) in [6, 6.07) is 22.2. The molecule has 3 aromatic rings. The van der Waals surface area contributed by atoms with Crippen molar-refractivity contribution in [1.29, 1.82) is 0 Å². The number of hydrogen-bond acceptors (Lipinski definition) is 2. The second-order valence-electron chi connectivity index (χ2n) is 6.30. The molecule has 3 rings (SSSR count). The van der Waals surface area contributed by atoms with Gasteiger partial charge in [0.05, 0.1) is 6.61 Å². The van der Waals surface area contributed by atoms with Crippen molar-refractivity contribution in [3.05, 3.63) is 95.3 Å². The molecule has 0 saturated heterocycles. The zero-order valence-electron chi connectivity index (χ0n) is 15.7. The molecule has 1 N–H and O–H groups in total. The van der Waals surface area contributed by atoms with Gasteiger partial charge in [0, 0.05) is 5.33 Å². The molecule has 0 saturated carbocycles. The molecule has 0 spiro atoms. The lowest BCUT2D eigenvalue weighted by Crippen LogP contribution is -2.01. The molecule has 0 atom stereocenters. The van der Waals surface area contributed by atoms with Crippen LogP contribution in [0.25, 0.3) is 11.1 Å². The van der Waals surface area contributed by atoms with Gasteiger partial charge < -0.3 is 9.84 Å². The number of phenols is 1. The van der Waals surface area contributed by atoms with Gasteiger partial charge in [-0.25, -0.2) is 4.39 Å². The number of ether oxygens (including phenoxy) is 1. The molecule has 0 aliphatic carbocycles. The molecular formula is C24H22BrFO2. The van der Waals surface area contributed by atoms with Crippen molar-refractivity contribution in [2.75, 3.05) is 11.9 Å². The third-order valence-corrected chi connectivity index (χ3v) is 4.81. The van der Waals surface area contributed by atoms with E-state index in [-0.39, 0.29) is 11.5 Å². The fourth-order valence-electron chi connectivity index (χ4n) is 3.23. The third-order valence-electron chi connectivity index (χ3n) is 4.49. The zero-order valence-corrected chi connectivity index (χ0v) is 17.2. The molecule has 0 heterocycles. The summed E-state index contributed by atoms with van der Waals surface area (Å²) >= 11 is 3.28. The van der Waals surface area contributed by atoms with Gasteiger partial charge in [-0.2, -0.15) is 0 Å². The quantitative estimate of drug-likeness (QED) is 0.328. The van der Waals surface area contributed by atoms with E-state index in [4.69, 9.17) is 4.74 Å². The lowest BCUT2D eigenvalue weighted by molar-refractivity contribution is 0.326. The predicted molar refractivity (Wildman–Crippen MR) is 116 cm³/mol. The minimum Gasteiger partial charge on any atom is -0.508 e. The molecule has 0 aromatic heterocycles. The van der Waals surface area contributed by atoms with Crippen molar-refractivity contribution in [3.63, 3.8) is 0 Å². The number of benzene rings is 3. The normalized spacial score (nSPS) is 11.8. The maximum absolute atomic E-state index is 14.7. The first-order chi connectivity index (χ1) is 13.6. The van der Waals surface area contributed by atoms with Crippen LogP contribution in [0.4, 0.5) is 4.39 Å². The molecule has 2 nitrogen and oxygen atoms in total. The van der Waals surface area contributed by atoms with Crippen molar-refractivity contribution >= 4 is 27.1 Å². The SMILES string of the molecule is CC/C(=C(\c1ccc(O)cc1)c1ccc(OCCBr)c(F)c1)c1ccccc1. The van der Waals surface area contributed by atoms with Gasteiger partial charge in [0.1, 0.15) is 5.75 Å². The first kappa shape index (κ1) is 20.2.